The van der Waals surface area contributed by atoms with Crippen LogP contribution in [-0.2, 0) is 16.1 Å². The number of cyclic esters (lactones) is 1. The number of fused-ring (bicyclic) bond motifs is 1. The second kappa shape index (κ2) is 4.66. The summed E-state index contributed by atoms with van der Waals surface area (Å²) in [5.41, 5.74) is 1.03. The summed E-state index contributed by atoms with van der Waals surface area (Å²) in [6.45, 7) is 1.23. The Bertz CT molecular complexity index is 548. The highest BCUT2D eigenvalue weighted by Gasteiger charge is 2.30. The van der Waals surface area contributed by atoms with Gasteiger partial charge in [0.1, 0.15) is 11.0 Å². The Kier molecular flexibility index (Phi) is 3.01. The zero-order chi connectivity index (χ0) is 12.5. The number of carbonyl (C=O) groups excluding carboxylic acids is 1. The van der Waals surface area contributed by atoms with Gasteiger partial charge in [0.15, 0.2) is 0 Å². The lowest BCUT2D eigenvalue weighted by Gasteiger charge is -2.19. The maximum absolute atomic E-state index is 11.5. The van der Waals surface area contributed by atoms with Crippen molar-refractivity contribution in [3.05, 3.63) is 29.3 Å². The van der Waals surface area contributed by atoms with Crippen LogP contribution in [0.2, 0.25) is 0 Å². The van der Waals surface area contributed by atoms with Gasteiger partial charge in [-0.15, -0.1) is 11.3 Å². The number of hydrogen-bond acceptors (Lipinski definition) is 5. The van der Waals surface area contributed by atoms with Crippen molar-refractivity contribution in [1.29, 1.82) is 0 Å². The Labute approximate surface area is 109 Å². The summed E-state index contributed by atoms with van der Waals surface area (Å²) in [5, 5.41) is 1.04. The number of para-hydroxylation sites is 1. The van der Waals surface area contributed by atoms with Crippen LogP contribution in [0.3, 0.4) is 0 Å². The van der Waals surface area contributed by atoms with Crippen LogP contribution >= 0.6 is 11.3 Å². The van der Waals surface area contributed by atoms with Gasteiger partial charge in [-0.2, -0.15) is 0 Å². The van der Waals surface area contributed by atoms with E-state index in [1.54, 1.807) is 11.3 Å². The molecule has 0 radical (unpaired) electrons. The Balaban J connectivity index is 1.77. The molecule has 0 aliphatic carbocycles. The number of rotatable bonds is 3. The summed E-state index contributed by atoms with van der Waals surface area (Å²) in [7, 11) is 1.95. The summed E-state index contributed by atoms with van der Waals surface area (Å²) >= 11 is 1.68. The fourth-order valence-electron chi connectivity index (χ4n) is 2.20. The molecule has 3 rings (SSSR count). The molecule has 1 aliphatic rings. The van der Waals surface area contributed by atoms with Crippen molar-refractivity contribution < 1.29 is 9.53 Å². The molecule has 94 valence electrons. The van der Waals surface area contributed by atoms with Gasteiger partial charge in [-0.3, -0.25) is 9.69 Å². The molecule has 4 nitrogen and oxygen atoms in total. The molecule has 0 saturated carbocycles. The van der Waals surface area contributed by atoms with E-state index in [2.05, 4.69) is 11.1 Å². The first kappa shape index (κ1) is 11.6. The average Bonchev–Trinajstić information content (AvgIpc) is 2.94. The molecule has 5 heteroatoms. The number of likely N-dealkylation sites (N-methyl/N-ethyl adjacent to an activating group) is 1. The molecule has 0 spiro atoms. The van der Waals surface area contributed by atoms with E-state index in [0.717, 1.165) is 16.9 Å². The minimum atomic E-state index is -0.114. The van der Waals surface area contributed by atoms with Crippen molar-refractivity contribution in [2.75, 3.05) is 13.7 Å². The van der Waals surface area contributed by atoms with E-state index in [1.165, 1.54) is 4.70 Å². The lowest BCUT2D eigenvalue weighted by molar-refractivity contribution is -0.142. The molecular weight excluding hydrogens is 248 g/mol. The summed E-state index contributed by atoms with van der Waals surface area (Å²) in [4.78, 5) is 18.1. The van der Waals surface area contributed by atoms with Gasteiger partial charge in [0.25, 0.3) is 0 Å². The third-order valence-electron chi connectivity index (χ3n) is 3.16. The molecule has 1 unspecified atom stereocenters. The number of benzene rings is 1. The number of esters is 1. The second-order valence-corrected chi connectivity index (χ2v) is 5.58. The number of hydrogen-bond donors (Lipinski definition) is 0. The van der Waals surface area contributed by atoms with Crippen molar-refractivity contribution in [3.8, 4) is 0 Å². The quantitative estimate of drug-likeness (QED) is 0.794. The number of ether oxygens (including phenoxy) is 1. The SMILES string of the molecule is CN(Cc1nc2ccccc2s1)C1CCOC1=O. The van der Waals surface area contributed by atoms with Crippen molar-refractivity contribution in [2.45, 2.75) is 19.0 Å². The third kappa shape index (κ3) is 2.11. The number of nitrogens with zero attached hydrogens (tertiary/aromatic N) is 2. The van der Waals surface area contributed by atoms with Crippen LogP contribution in [0.5, 0.6) is 0 Å². The summed E-state index contributed by atoms with van der Waals surface area (Å²) in [6, 6.07) is 7.98. The van der Waals surface area contributed by atoms with E-state index in [1.807, 2.05) is 30.1 Å². The van der Waals surface area contributed by atoms with Gasteiger partial charge in [0, 0.05) is 6.42 Å². The highest BCUT2D eigenvalue weighted by molar-refractivity contribution is 7.18. The van der Waals surface area contributed by atoms with Gasteiger partial charge < -0.3 is 4.74 Å². The lowest BCUT2D eigenvalue weighted by Crippen LogP contribution is -2.34. The molecule has 2 heterocycles. The van der Waals surface area contributed by atoms with Gasteiger partial charge in [-0.25, -0.2) is 4.98 Å². The maximum atomic E-state index is 11.5. The van der Waals surface area contributed by atoms with Gasteiger partial charge >= 0.3 is 5.97 Å². The monoisotopic (exact) mass is 262 g/mol. The van der Waals surface area contributed by atoms with Crippen LogP contribution in [-0.4, -0.2) is 35.5 Å². The van der Waals surface area contributed by atoms with Crippen molar-refractivity contribution in [2.24, 2.45) is 0 Å². The normalized spacial score (nSPS) is 19.7. The third-order valence-corrected chi connectivity index (χ3v) is 4.18. The van der Waals surface area contributed by atoms with E-state index in [0.29, 0.717) is 13.2 Å². The fraction of sp³-hybridized carbons (Fsp3) is 0.385. The van der Waals surface area contributed by atoms with Crippen LogP contribution in [0.25, 0.3) is 10.2 Å². The van der Waals surface area contributed by atoms with E-state index in [4.69, 9.17) is 4.74 Å². The zero-order valence-electron chi connectivity index (χ0n) is 10.1. The Hall–Kier alpha value is -1.46. The highest BCUT2D eigenvalue weighted by Crippen LogP contribution is 2.23. The largest absolute Gasteiger partial charge is 0.464 e. The molecular formula is C13H14N2O2S. The summed E-state index contributed by atoms with van der Waals surface area (Å²) < 4.78 is 6.18. The van der Waals surface area contributed by atoms with Crippen LogP contribution in [0.1, 0.15) is 11.4 Å². The first-order valence-corrected chi connectivity index (χ1v) is 6.77. The van der Waals surface area contributed by atoms with E-state index in [9.17, 15) is 4.79 Å². The molecule has 18 heavy (non-hydrogen) atoms. The van der Waals surface area contributed by atoms with Gasteiger partial charge in [0.2, 0.25) is 0 Å². The van der Waals surface area contributed by atoms with Crippen molar-refractivity contribution >= 4 is 27.5 Å². The second-order valence-electron chi connectivity index (χ2n) is 4.46. The molecule has 1 saturated heterocycles. The number of aromatic nitrogens is 1. The highest BCUT2D eigenvalue weighted by atomic mass is 32.1. The Morgan fingerprint density at radius 2 is 2.33 bits per heavy atom. The van der Waals surface area contributed by atoms with Gasteiger partial charge in [0.05, 0.1) is 23.4 Å². The molecule has 1 aromatic carbocycles. The van der Waals surface area contributed by atoms with Crippen molar-refractivity contribution in [1.82, 2.24) is 9.88 Å². The molecule has 0 N–H and O–H groups in total. The average molecular weight is 262 g/mol. The van der Waals surface area contributed by atoms with Gasteiger partial charge in [-0.1, -0.05) is 12.1 Å². The Morgan fingerprint density at radius 1 is 1.50 bits per heavy atom. The topological polar surface area (TPSA) is 42.4 Å². The van der Waals surface area contributed by atoms with Crippen LogP contribution in [0, 0.1) is 0 Å². The minimum absolute atomic E-state index is 0.112. The van der Waals surface area contributed by atoms with Gasteiger partial charge in [-0.05, 0) is 19.2 Å². The molecule has 1 atom stereocenters. The molecule has 0 bridgehead atoms. The predicted octanol–water partition coefficient (Wildman–Crippen LogP) is 2.04. The first-order valence-electron chi connectivity index (χ1n) is 5.95. The molecule has 1 aromatic heterocycles. The van der Waals surface area contributed by atoms with Crippen LogP contribution < -0.4 is 0 Å². The molecule has 2 aromatic rings. The van der Waals surface area contributed by atoms with Crippen LogP contribution in [0.4, 0.5) is 0 Å². The maximum Gasteiger partial charge on any atom is 0.323 e. The zero-order valence-corrected chi connectivity index (χ0v) is 10.9. The first-order chi connectivity index (χ1) is 8.74. The Morgan fingerprint density at radius 3 is 3.06 bits per heavy atom. The number of carbonyl (C=O) groups is 1. The van der Waals surface area contributed by atoms with Crippen molar-refractivity contribution in [3.63, 3.8) is 0 Å². The minimum Gasteiger partial charge on any atom is -0.464 e. The molecule has 0 amide bonds. The van der Waals surface area contributed by atoms with Crippen LogP contribution in [0.15, 0.2) is 24.3 Å². The fourth-order valence-corrected chi connectivity index (χ4v) is 3.23. The number of thiazole rings is 1. The summed E-state index contributed by atoms with van der Waals surface area (Å²) in [5.74, 6) is -0.112. The molecule has 1 aliphatic heterocycles. The smallest absolute Gasteiger partial charge is 0.323 e. The standard InChI is InChI=1S/C13H14N2O2S/c1-15(10-6-7-17-13(10)16)8-12-14-9-4-2-3-5-11(9)18-12/h2-5,10H,6-8H2,1H3. The van der Waals surface area contributed by atoms with E-state index < -0.39 is 0 Å². The lowest BCUT2D eigenvalue weighted by atomic mass is 10.2. The van der Waals surface area contributed by atoms with E-state index in [-0.39, 0.29) is 12.0 Å². The van der Waals surface area contributed by atoms with E-state index >= 15 is 0 Å². The predicted molar refractivity (Wildman–Crippen MR) is 70.5 cm³/mol. The summed E-state index contributed by atoms with van der Waals surface area (Å²) in [6.07, 6.45) is 0.778. The molecule has 1 fully saturated rings.